The molecular weight excluding hydrogens is 361 g/mol. The third kappa shape index (κ3) is 3.20. The van der Waals surface area contributed by atoms with Crippen LogP contribution in [-0.2, 0) is 0 Å². The molecule has 2 N–H and O–H groups in total. The van der Waals surface area contributed by atoms with Gasteiger partial charge >= 0.3 is 6.18 Å². The topological polar surface area (TPSA) is 73.1 Å². The normalized spacial score (nSPS) is 28.7. The van der Waals surface area contributed by atoms with Crippen LogP contribution in [0, 0.1) is 17.3 Å². The number of rotatable bonds is 1. The second-order valence-electron chi connectivity index (χ2n) is 8.37. The highest BCUT2D eigenvalue weighted by Crippen LogP contribution is 2.52. The molecule has 1 aromatic rings. The Hall–Kier alpha value is -2.09. The van der Waals surface area contributed by atoms with Crippen molar-refractivity contribution in [3.05, 3.63) is 29.8 Å². The predicted molar refractivity (Wildman–Crippen MR) is 93.0 cm³/mol. The molecule has 2 aliphatic rings. The van der Waals surface area contributed by atoms with Crippen molar-refractivity contribution in [2.45, 2.75) is 51.9 Å². The van der Waals surface area contributed by atoms with Crippen molar-refractivity contribution in [1.82, 2.24) is 5.01 Å². The summed E-state index contributed by atoms with van der Waals surface area (Å²) < 4.78 is 41.9. The van der Waals surface area contributed by atoms with Crippen molar-refractivity contribution in [3.8, 4) is 5.75 Å². The first-order valence-electron chi connectivity index (χ1n) is 8.85. The van der Waals surface area contributed by atoms with E-state index in [0.717, 1.165) is 6.07 Å². The summed E-state index contributed by atoms with van der Waals surface area (Å²) in [6.07, 6.45) is -4.02. The number of fused-ring (bicyclic) bond motifs is 1. The fourth-order valence-corrected chi connectivity index (χ4v) is 3.97. The summed E-state index contributed by atoms with van der Waals surface area (Å²) in [5.41, 5.74) is -3.59. The van der Waals surface area contributed by atoms with Crippen LogP contribution >= 0.6 is 0 Å². The number of benzene rings is 1. The van der Waals surface area contributed by atoms with Gasteiger partial charge in [0.05, 0.1) is 5.92 Å². The third-order valence-electron chi connectivity index (χ3n) is 5.64. The van der Waals surface area contributed by atoms with E-state index in [1.54, 1.807) is 0 Å². The van der Waals surface area contributed by atoms with Crippen LogP contribution in [0.1, 0.15) is 50.4 Å². The number of phenols is 1. The van der Waals surface area contributed by atoms with E-state index in [2.05, 4.69) is 5.10 Å². The van der Waals surface area contributed by atoms with Crippen LogP contribution in [0.2, 0.25) is 0 Å². The zero-order valence-electron chi connectivity index (χ0n) is 15.4. The number of hydrazone groups is 1. The Morgan fingerprint density at radius 2 is 1.96 bits per heavy atom. The van der Waals surface area contributed by atoms with Crippen LogP contribution in [0.3, 0.4) is 0 Å². The molecule has 0 bridgehead atoms. The van der Waals surface area contributed by atoms with Gasteiger partial charge in [-0.05, 0) is 48.8 Å². The van der Waals surface area contributed by atoms with Gasteiger partial charge in [-0.3, -0.25) is 4.79 Å². The van der Waals surface area contributed by atoms with E-state index in [1.165, 1.54) is 18.2 Å². The molecule has 0 spiro atoms. The first-order chi connectivity index (χ1) is 12.4. The molecule has 1 fully saturated rings. The molecular formula is C19H23F3N2O3. The number of aromatic hydroxyl groups is 1. The molecule has 1 aliphatic heterocycles. The summed E-state index contributed by atoms with van der Waals surface area (Å²) in [6, 6.07) is 4.98. The van der Waals surface area contributed by atoms with E-state index >= 15 is 0 Å². The summed E-state index contributed by atoms with van der Waals surface area (Å²) in [4.78, 5) is 12.7. The minimum atomic E-state index is -5.07. The number of alkyl halides is 3. The second kappa shape index (κ2) is 6.22. The van der Waals surface area contributed by atoms with E-state index in [0.29, 0.717) is 12.8 Å². The van der Waals surface area contributed by atoms with Gasteiger partial charge in [-0.1, -0.05) is 26.8 Å². The molecule has 1 saturated carbocycles. The van der Waals surface area contributed by atoms with Gasteiger partial charge in [0.15, 0.2) is 0 Å². The molecule has 0 radical (unpaired) electrons. The number of hydrogen-bond acceptors (Lipinski definition) is 4. The lowest BCUT2D eigenvalue weighted by Crippen LogP contribution is -2.62. The lowest BCUT2D eigenvalue weighted by Gasteiger charge is -2.42. The number of carbonyl (C=O) groups is 1. The molecule has 1 aliphatic carbocycles. The molecule has 0 saturated heterocycles. The van der Waals surface area contributed by atoms with Crippen LogP contribution in [0.25, 0.3) is 0 Å². The summed E-state index contributed by atoms with van der Waals surface area (Å²) in [7, 11) is 0. The second-order valence-corrected chi connectivity index (χ2v) is 8.37. The standard InChI is InChI=1S/C19H23F3N2O3/c1-17(2,3)12-7-8-15-14(10-12)18(27,19(20,21)22)24(23-15)16(26)11-5-4-6-13(25)9-11/h4-6,9,12,14,25,27H,7-8,10H2,1-3H3/t12-,14+,18+/m1/s1. The maximum Gasteiger partial charge on any atom is 0.439 e. The number of phenolic OH excluding ortho intramolecular Hbond substituents is 1. The zero-order chi connectivity index (χ0) is 20.2. The minimum Gasteiger partial charge on any atom is -0.508 e. The molecule has 1 aromatic carbocycles. The van der Waals surface area contributed by atoms with E-state index in [9.17, 15) is 28.2 Å². The van der Waals surface area contributed by atoms with Crippen molar-refractivity contribution in [1.29, 1.82) is 0 Å². The lowest BCUT2D eigenvalue weighted by molar-refractivity contribution is -0.314. The number of carbonyl (C=O) groups excluding carboxylic acids is 1. The fourth-order valence-electron chi connectivity index (χ4n) is 3.97. The zero-order valence-corrected chi connectivity index (χ0v) is 15.4. The number of aliphatic hydroxyl groups is 1. The summed E-state index contributed by atoms with van der Waals surface area (Å²) in [6.45, 7) is 5.87. The molecule has 148 valence electrons. The number of amides is 1. The molecule has 27 heavy (non-hydrogen) atoms. The maximum atomic E-state index is 14.0. The summed E-state index contributed by atoms with van der Waals surface area (Å²) in [5.74, 6) is -2.68. The van der Waals surface area contributed by atoms with Crippen LogP contribution in [0.5, 0.6) is 5.75 Å². The predicted octanol–water partition coefficient (Wildman–Crippen LogP) is 3.92. The lowest BCUT2D eigenvalue weighted by atomic mass is 9.66. The van der Waals surface area contributed by atoms with Crippen molar-refractivity contribution < 1.29 is 28.2 Å². The van der Waals surface area contributed by atoms with Gasteiger partial charge in [0, 0.05) is 11.3 Å². The molecule has 1 amide bonds. The molecule has 1 heterocycles. The highest BCUT2D eigenvalue weighted by atomic mass is 19.4. The van der Waals surface area contributed by atoms with Crippen LogP contribution in [0.4, 0.5) is 13.2 Å². The van der Waals surface area contributed by atoms with Crippen molar-refractivity contribution in [2.75, 3.05) is 0 Å². The number of halogens is 3. The molecule has 5 nitrogen and oxygen atoms in total. The highest BCUT2D eigenvalue weighted by molar-refractivity contribution is 5.99. The van der Waals surface area contributed by atoms with Crippen LogP contribution in [0.15, 0.2) is 29.4 Å². The number of hydrogen-bond donors (Lipinski definition) is 2. The monoisotopic (exact) mass is 384 g/mol. The average Bonchev–Trinajstić information content (AvgIpc) is 2.87. The van der Waals surface area contributed by atoms with Crippen LogP contribution < -0.4 is 0 Å². The number of nitrogens with zero attached hydrogens (tertiary/aromatic N) is 2. The van der Waals surface area contributed by atoms with Gasteiger partial charge in [0.25, 0.3) is 11.6 Å². The van der Waals surface area contributed by atoms with Gasteiger partial charge < -0.3 is 10.2 Å². The smallest absolute Gasteiger partial charge is 0.439 e. The highest BCUT2D eigenvalue weighted by Gasteiger charge is 2.69. The molecule has 3 rings (SSSR count). The van der Waals surface area contributed by atoms with Crippen molar-refractivity contribution in [3.63, 3.8) is 0 Å². The van der Waals surface area contributed by atoms with Crippen molar-refractivity contribution >= 4 is 11.6 Å². The van der Waals surface area contributed by atoms with E-state index < -0.39 is 23.7 Å². The quantitative estimate of drug-likeness (QED) is 0.771. The first kappa shape index (κ1) is 19.7. The molecule has 3 atom stereocenters. The Kier molecular flexibility index (Phi) is 4.53. The Morgan fingerprint density at radius 1 is 1.30 bits per heavy atom. The summed E-state index contributed by atoms with van der Waals surface area (Å²) in [5, 5.41) is 24.4. The Morgan fingerprint density at radius 3 is 2.52 bits per heavy atom. The Labute approximate surface area is 155 Å². The van der Waals surface area contributed by atoms with Crippen molar-refractivity contribution in [2.24, 2.45) is 22.4 Å². The van der Waals surface area contributed by atoms with Gasteiger partial charge in [-0.15, -0.1) is 0 Å². The summed E-state index contributed by atoms with van der Waals surface area (Å²) >= 11 is 0. The molecule has 0 aromatic heterocycles. The van der Waals surface area contributed by atoms with E-state index in [4.69, 9.17) is 0 Å². The van der Waals surface area contributed by atoms with Gasteiger partial charge in [-0.2, -0.15) is 23.3 Å². The molecule has 0 unspecified atom stereocenters. The average molecular weight is 384 g/mol. The van der Waals surface area contributed by atoms with Gasteiger partial charge in [0.2, 0.25) is 0 Å². The third-order valence-corrected chi connectivity index (χ3v) is 5.64. The van der Waals surface area contributed by atoms with Gasteiger partial charge in [-0.25, -0.2) is 0 Å². The maximum absolute atomic E-state index is 14.0. The minimum absolute atomic E-state index is 0.0360. The Bertz CT molecular complexity index is 785. The van der Waals surface area contributed by atoms with E-state index in [1.807, 2.05) is 20.8 Å². The van der Waals surface area contributed by atoms with E-state index in [-0.39, 0.29) is 39.8 Å². The van der Waals surface area contributed by atoms with Gasteiger partial charge in [0.1, 0.15) is 5.75 Å². The first-order valence-corrected chi connectivity index (χ1v) is 8.85. The largest absolute Gasteiger partial charge is 0.508 e. The van der Waals surface area contributed by atoms with Crippen LogP contribution in [-0.4, -0.2) is 38.7 Å². The Balaban J connectivity index is 2.02. The molecule has 8 heteroatoms. The SMILES string of the molecule is CC(C)(C)[C@@H]1CCC2=NN(C(=O)c3cccc(O)c3)[C@@](O)(C(F)(F)F)[C@H]2C1. The fraction of sp³-hybridized carbons (Fsp3) is 0.579.